The Morgan fingerprint density at radius 2 is 2.58 bits per heavy atom. The number of hydrogen-bond donors (Lipinski definition) is 1. The van der Waals surface area contributed by atoms with Crippen LogP contribution in [0.2, 0.25) is 0 Å². The third kappa shape index (κ3) is 1.65. The van der Waals surface area contributed by atoms with E-state index in [0.29, 0.717) is 5.76 Å². The molecule has 0 aliphatic carbocycles. The molecule has 2 N–H and O–H groups in total. The van der Waals surface area contributed by atoms with Crippen LogP contribution >= 0.6 is 0 Å². The lowest BCUT2D eigenvalue weighted by atomic mass is 10.1. The summed E-state index contributed by atoms with van der Waals surface area (Å²) in [5, 5.41) is 0. The molecule has 0 saturated carbocycles. The molecule has 0 fully saturated rings. The zero-order chi connectivity index (χ0) is 8.97. The number of carbonyl (C=O) groups is 1. The molecule has 0 aliphatic rings. The summed E-state index contributed by atoms with van der Waals surface area (Å²) in [6.07, 6.45) is 1.50. The second-order valence-corrected chi connectivity index (χ2v) is 2.33. The Kier molecular flexibility index (Phi) is 2.88. The maximum absolute atomic E-state index is 11.1. The summed E-state index contributed by atoms with van der Waals surface area (Å²) in [5.74, 6) is -0.304. The molecule has 4 heteroatoms. The Bertz CT molecular complexity index is 243. The van der Waals surface area contributed by atoms with E-state index in [4.69, 9.17) is 10.2 Å². The van der Waals surface area contributed by atoms with Gasteiger partial charge < -0.3 is 14.9 Å². The first-order valence-electron chi connectivity index (χ1n) is 3.61. The van der Waals surface area contributed by atoms with Gasteiger partial charge in [-0.3, -0.25) is 4.79 Å². The number of nitrogens with two attached hydrogens (primary N) is 1. The van der Waals surface area contributed by atoms with Crippen LogP contribution in [0, 0.1) is 0 Å². The lowest BCUT2D eigenvalue weighted by molar-refractivity contribution is -0.142. The molecule has 1 heterocycles. The smallest absolute Gasteiger partial charge is 0.317 e. The fraction of sp³-hybridized carbons (Fsp3) is 0.375. The molecular weight excluding hydrogens is 158 g/mol. The van der Waals surface area contributed by atoms with E-state index in [1.54, 1.807) is 12.1 Å². The molecule has 1 rings (SSSR count). The van der Waals surface area contributed by atoms with Gasteiger partial charge >= 0.3 is 5.97 Å². The predicted molar refractivity (Wildman–Crippen MR) is 42.5 cm³/mol. The van der Waals surface area contributed by atoms with Crippen molar-refractivity contribution in [2.45, 2.75) is 5.92 Å². The number of furan rings is 1. The molecule has 0 radical (unpaired) electrons. The van der Waals surface area contributed by atoms with Crippen molar-refractivity contribution < 1.29 is 13.9 Å². The minimum absolute atomic E-state index is 0.195. The Labute approximate surface area is 70.3 Å². The number of ether oxygens (including phenoxy) is 1. The Morgan fingerprint density at radius 1 is 1.83 bits per heavy atom. The van der Waals surface area contributed by atoms with E-state index in [0.717, 1.165) is 0 Å². The molecule has 1 aromatic rings. The maximum atomic E-state index is 11.1. The first-order chi connectivity index (χ1) is 5.79. The zero-order valence-corrected chi connectivity index (χ0v) is 6.82. The van der Waals surface area contributed by atoms with E-state index in [-0.39, 0.29) is 12.5 Å². The van der Waals surface area contributed by atoms with Crippen LogP contribution in [0.1, 0.15) is 11.7 Å². The highest BCUT2D eigenvalue weighted by Crippen LogP contribution is 2.15. The normalized spacial score (nSPS) is 12.5. The first-order valence-corrected chi connectivity index (χ1v) is 3.61. The summed E-state index contributed by atoms with van der Waals surface area (Å²) in [6.45, 7) is 0.195. The lowest BCUT2D eigenvalue weighted by Gasteiger charge is -2.08. The quantitative estimate of drug-likeness (QED) is 0.669. The number of hydrogen-bond acceptors (Lipinski definition) is 4. The highest BCUT2D eigenvalue weighted by molar-refractivity contribution is 5.77. The largest absolute Gasteiger partial charge is 0.468 e. The summed E-state index contributed by atoms with van der Waals surface area (Å²) < 4.78 is 9.58. The minimum atomic E-state index is -0.481. The number of rotatable bonds is 3. The maximum Gasteiger partial charge on any atom is 0.317 e. The number of esters is 1. The molecule has 4 nitrogen and oxygen atoms in total. The lowest BCUT2D eigenvalue weighted by Crippen LogP contribution is -2.22. The van der Waals surface area contributed by atoms with Crippen LogP contribution in [-0.2, 0) is 9.53 Å². The zero-order valence-electron chi connectivity index (χ0n) is 6.82. The van der Waals surface area contributed by atoms with Crippen molar-refractivity contribution in [1.29, 1.82) is 0 Å². The SMILES string of the molecule is COC(=O)[C@H](CN)c1ccco1. The van der Waals surface area contributed by atoms with Gasteiger partial charge in [-0.1, -0.05) is 0 Å². The Morgan fingerprint density at radius 3 is 3.00 bits per heavy atom. The molecule has 66 valence electrons. The van der Waals surface area contributed by atoms with Crippen LogP contribution in [0.5, 0.6) is 0 Å². The van der Waals surface area contributed by atoms with E-state index in [9.17, 15) is 4.79 Å². The van der Waals surface area contributed by atoms with E-state index in [1.807, 2.05) is 0 Å². The van der Waals surface area contributed by atoms with Crippen molar-refractivity contribution in [2.75, 3.05) is 13.7 Å². The van der Waals surface area contributed by atoms with E-state index >= 15 is 0 Å². The van der Waals surface area contributed by atoms with E-state index in [2.05, 4.69) is 4.74 Å². The second kappa shape index (κ2) is 3.92. The predicted octanol–water partition coefficient (Wildman–Crippen LogP) is 0.495. The average molecular weight is 169 g/mol. The third-order valence-corrected chi connectivity index (χ3v) is 1.61. The molecule has 0 aliphatic heterocycles. The number of carbonyl (C=O) groups excluding carboxylic acids is 1. The first kappa shape index (κ1) is 8.80. The Hall–Kier alpha value is -1.29. The van der Waals surface area contributed by atoms with Crippen LogP contribution in [0.25, 0.3) is 0 Å². The van der Waals surface area contributed by atoms with Gasteiger partial charge in [0.15, 0.2) is 0 Å². The molecule has 1 aromatic heterocycles. The van der Waals surface area contributed by atoms with Gasteiger partial charge in [-0.05, 0) is 12.1 Å². The van der Waals surface area contributed by atoms with Gasteiger partial charge in [0.1, 0.15) is 11.7 Å². The van der Waals surface area contributed by atoms with Gasteiger partial charge in [0, 0.05) is 6.54 Å². The topological polar surface area (TPSA) is 65.5 Å². The molecule has 0 amide bonds. The standard InChI is InChI=1S/C8H11NO3/c1-11-8(10)6(5-9)7-3-2-4-12-7/h2-4,6H,5,9H2,1H3/t6-/m1/s1. The van der Waals surface area contributed by atoms with Crippen molar-refractivity contribution >= 4 is 5.97 Å². The van der Waals surface area contributed by atoms with Crippen LogP contribution in [0.3, 0.4) is 0 Å². The summed E-state index contributed by atoms with van der Waals surface area (Å²) in [5.41, 5.74) is 5.38. The highest BCUT2D eigenvalue weighted by atomic mass is 16.5. The van der Waals surface area contributed by atoms with Crippen molar-refractivity contribution in [3.8, 4) is 0 Å². The van der Waals surface area contributed by atoms with E-state index < -0.39 is 5.92 Å². The molecule has 0 aromatic carbocycles. The molecule has 0 bridgehead atoms. The van der Waals surface area contributed by atoms with Crippen LogP contribution in [-0.4, -0.2) is 19.6 Å². The van der Waals surface area contributed by atoms with Gasteiger partial charge in [-0.2, -0.15) is 0 Å². The fourth-order valence-electron chi connectivity index (χ4n) is 0.960. The fourth-order valence-corrected chi connectivity index (χ4v) is 0.960. The van der Waals surface area contributed by atoms with Gasteiger partial charge in [0.2, 0.25) is 0 Å². The number of methoxy groups -OCH3 is 1. The van der Waals surface area contributed by atoms with Crippen molar-refractivity contribution in [2.24, 2.45) is 5.73 Å². The van der Waals surface area contributed by atoms with Crippen molar-refractivity contribution in [3.63, 3.8) is 0 Å². The summed E-state index contributed by atoms with van der Waals surface area (Å²) in [7, 11) is 1.33. The molecule has 12 heavy (non-hydrogen) atoms. The van der Waals surface area contributed by atoms with Crippen LogP contribution in [0.4, 0.5) is 0 Å². The highest BCUT2D eigenvalue weighted by Gasteiger charge is 2.21. The molecule has 0 saturated heterocycles. The second-order valence-electron chi connectivity index (χ2n) is 2.33. The monoisotopic (exact) mass is 169 g/mol. The molecule has 0 unspecified atom stereocenters. The Balaban J connectivity index is 2.76. The van der Waals surface area contributed by atoms with Gasteiger partial charge in [-0.15, -0.1) is 0 Å². The van der Waals surface area contributed by atoms with Crippen LogP contribution in [0.15, 0.2) is 22.8 Å². The average Bonchev–Trinajstić information content (AvgIpc) is 2.58. The molecule has 1 atom stereocenters. The van der Waals surface area contributed by atoms with Gasteiger partial charge in [0.25, 0.3) is 0 Å². The minimum Gasteiger partial charge on any atom is -0.468 e. The summed E-state index contributed by atoms with van der Waals surface area (Å²) in [6, 6.07) is 3.41. The van der Waals surface area contributed by atoms with Crippen molar-refractivity contribution in [1.82, 2.24) is 0 Å². The summed E-state index contributed by atoms with van der Waals surface area (Å²) in [4.78, 5) is 11.1. The van der Waals surface area contributed by atoms with Crippen molar-refractivity contribution in [3.05, 3.63) is 24.2 Å². The van der Waals surface area contributed by atoms with Gasteiger partial charge in [-0.25, -0.2) is 0 Å². The van der Waals surface area contributed by atoms with E-state index in [1.165, 1.54) is 13.4 Å². The third-order valence-electron chi connectivity index (χ3n) is 1.61. The molecule has 0 spiro atoms. The van der Waals surface area contributed by atoms with Gasteiger partial charge in [0.05, 0.1) is 13.4 Å². The molecular formula is C8H11NO3. The summed E-state index contributed by atoms with van der Waals surface area (Å²) >= 11 is 0. The van der Waals surface area contributed by atoms with Crippen LogP contribution < -0.4 is 5.73 Å².